The Bertz CT molecular complexity index is 993. The first-order chi connectivity index (χ1) is 14.3. The van der Waals surface area contributed by atoms with E-state index in [9.17, 15) is 9.59 Å². The smallest absolute Gasteiger partial charge is 0.338 e. The predicted octanol–water partition coefficient (Wildman–Crippen LogP) is 4.13. The van der Waals surface area contributed by atoms with E-state index in [1.807, 2.05) is 37.1 Å². The van der Waals surface area contributed by atoms with Gasteiger partial charge in [-0.15, -0.1) is 0 Å². The van der Waals surface area contributed by atoms with Crippen molar-refractivity contribution in [1.82, 2.24) is 0 Å². The van der Waals surface area contributed by atoms with Crippen LogP contribution in [0.2, 0.25) is 0 Å². The highest BCUT2D eigenvalue weighted by molar-refractivity contribution is 5.96. The number of hydrogen-bond donors (Lipinski definition) is 0. The largest absolute Gasteiger partial charge is 0.493 e. The Morgan fingerprint density at radius 2 is 1.83 bits per heavy atom. The van der Waals surface area contributed by atoms with E-state index in [0.717, 1.165) is 16.9 Å². The highest BCUT2D eigenvalue weighted by Gasteiger charge is 2.38. The summed E-state index contributed by atoms with van der Waals surface area (Å²) in [5.74, 6) is 0.115. The lowest BCUT2D eigenvalue weighted by molar-refractivity contribution is -0.117. The molecule has 0 aliphatic carbocycles. The fourth-order valence-corrected chi connectivity index (χ4v) is 3.74. The van der Waals surface area contributed by atoms with E-state index in [1.165, 1.54) is 7.11 Å². The first-order valence-electron chi connectivity index (χ1n) is 9.85. The molecule has 158 valence electrons. The number of likely N-dealkylation sites (N-methyl/N-ethyl adjacent to an activating group) is 1. The summed E-state index contributed by atoms with van der Waals surface area (Å²) in [7, 11) is 3.44. The zero-order valence-electron chi connectivity index (χ0n) is 18.0. The van der Waals surface area contributed by atoms with Crippen LogP contribution in [0.5, 0.6) is 11.5 Å². The van der Waals surface area contributed by atoms with Gasteiger partial charge in [-0.2, -0.15) is 0 Å². The zero-order valence-corrected chi connectivity index (χ0v) is 18.0. The number of benzene rings is 2. The molecule has 0 amide bonds. The molecule has 0 unspecified atom stereocenters. The van der Waals surface area contributed by atoms with E-state index in [1.54, 1.807) is 24.3 Å². The Hall–Kier alpha value is -3.28. The maximum absolute atomic E-state index is 12.6. The Balaban J connectivity index is 1.70. The number of fused-ring (bicyclic) bond motifs is 1. The van der Waals surface area contributed by atoms with E-state index in [0.29, 0.717) is 23.7 Å². The molecule has 0 fully saturated rings. The van der Waals surface area contributed by atoms with Crippen molar-refractivity contribution in [3.05, 3.63) is 65.4 Å². The van der Waals surface area contributed by atoms with Gasteiger partial charge in [0.15, 0.2) is 23.9 Å². The van der Waals surface area contributed by atoms with Crippen molar-refractivity contribution in [3.63, 3.8) is 0 Å². The van der Waals surface area contributed by atoms with E-state index in [-0.39, 0.29) is 17.8 Å². The summed E-state index contributed by atoms with van der Waals surface area (Å²) in [6, 6.07) is 12.8. The molecule has 2 aromatic rings. The minimum absolute atomic E-state index is 0.274. The van der Waals surface area contributed by atoms with Crippen molar-refractivity contribution in [2.75, 3.05) is 32.3 Å². The molecule has 3 rings (SSSR count). The maximum atomic E-state index is 12.6. The lowest BCUT2D eigenvalue weighted by atomic mass is 9.83. The average molecular weight is 409 g/mol. The van der Waals surface area contributed by atoms with Crippen LogP contribution in [0, 0.1) is 0 Å². The lowest BCUT2D eigenvalue weighted by Gasteiger charge is -2.23. The number of methoxy groups -OCH3 is 1. The molecule has 0 saturated heterocycles. The SMILES string of the molecule is CCOc1ccc(C(=O)OCC(=O)/C=C2/N(C)c3ccccc3C2(C)C)cc1OC. The van der Waals surface area contributed by atoms with E-state index in [2.05, 4.69) is 19.9 Å². The summed E-state index contributed by atoms with van der Waals surface area (Å²) in [5.41, 5.74) is 3.08. The Labute approximate surface area is 177 Å². The summed E-state index contributed by atoms with van der Waals surface area (Å²) < 4.78 is 15.9. The van der Waals surface area contributed by atoms with Gasteiger partial charge in [0.05, 0.1) is 19.3 Å². The fraction of sp³-hybridized carbons (Fsp3) is 0.333. The third-order valence-corrected chi connectivity index (χ3v) is 5.28. The lowest BCUT2D eigenvalue weighted by Crippen LogP contribution is -2.25. The van der Waals surface area contributed by atoms with Gasteiger partial charge in [-0.3, -0.25) is 4.79 Å². The molecule has 0 saturated carbocycles. The number of ketones is 1. The molecular weight excluding hydrogens is 382 g/mol. The number of allylic oxidation sites excluding steroid dienone is 1. The molecule has 1 aliphatic rings. The van der Waals surface area contributed by atoms with Gasteiger partial charge in [0, 0.05) is 29.9 Å². The number of nitrogens with zero attached hydrogens (tertiary/aromatic N) is 1. The third kappa shape index (κ3) is 4.03. The van der Waals surface area contributed by atoms with E-state index in [4.69, 9.17) is 14.2 Å². The summed E-state index contributed by atoms with van der Waals surface area (Å²) >= 11 is 0. The van der Waals surface area contributed by atoms with Gasteiger partial charge < -0.3 is 19.1 Å². The summed E-state index contributed by atoms with van der Waals surface area (Å²) in [6.07, 6.45) is 1.56. The van der Waals surface area contributed by atoms with Crippen LogP contribution in [0.3, 0.4) is 0 Å². The molecule has 2 aromatic carbocycles. The van der Waals surface area contributed by atoms with Gasteiger partial charge in [-0.1, -0.05) is 32.0 Å². The fourth-order valence-electron chi connectivity index (χ4n) is 3.74. The number of carbonyl (C=O) groups excluding carboxylic acids is 2. The van der Waals surface area contributed by atoms with Crippen LogP contribution in [0.1, 0.15) is 36.7 Å². The first kappa shape index (κ1) is 21.4. The maximum Gasteiger partial charge on any atom is 0.338 e. The van der Waals surface area contributed by atoms with Crippen molar-refractivity contribution in [2.45, 2.75) is 26.2 Å². The van der Waals surface area contributed by atoms with Crippen molar-refractivity contribution in [2.24, 2.45) is 0 Å². The number of rotatable bonds is 7. The molecule has 0 atom stereocenters. The normalized spacial score (nSPS) is 15.6. The van der Waals surface area contributed by atoms with Crippen molar-refractivity contribution >= 4 is 17.4 Å². The Morgan fingerprint density at radius 1 is 1.10 bits per heavy atom. The van der Waals surface area contributed by atoms with Crippen LogP contribution >= 0.6 is 0 Å². The highest BCUT2D eigenvalue weighted by Crippen LogP contribution is 2.46. The number of carbonyl (C=O) groups is 2. The molecule has 1 heterocycles. The van der Waals surface area contributed by atoms with Crippen LogP contribution in [-0.2, 0) is 14.9 Å². The highest BCUT2D eigenvalue weighted by atomic mass is 16.5. The Morgan fingerprint density at radius 3 is 2.50 bits per heavy atom. The van der Waals surface area contributed by atoms with E-state index >= 15 is 0 Å². The number of para-hydroxylation sites is 1. The van der Waals surface area contributed by atoms with Crippen LogP contribution in [-0.4, -0.2) is 39.1 Å². The van der Waals surface area contributed by atoms with Crippen molar-refractivity contribution in [3.8, 4) is 11.5 Å². The second-order valence-corrected chi connectivity index (χ2v) is 7.57. The summed E-state index contributed by atoms with van der Waals surface area (Å²) in [6.45, 7) is 6.17. The van der Waals surface area contributed by atoms with Crippen LogP contribution in [0.15, 0.2) is 54.2 Å². The zero-order chi connectivity index (χ0) is 21.9. The minimum atomic E-state index is -0.592. The minimum Gasteiger partial charge on any atom is -0.493 e. The molecule has 0 bridgehead atoms. The molecule has 30 heavy (non-hydrogen) atoms. The van der Waals surface area contributed by atoms with Crippen LogP contribution < -0.4 is 14.4 Å². The van der Waals surface area contributed by atoms with Gasteiger partial charge in [0.2, 0.25) is 0 Å². The molecule has 0 aromatic heterocycles. The van der Waals surface area contributed by atoms with Crippen molar-refractivity contribution < 1.29 is 23.8 Å². The molecule has 6 heteroatoms. The van der Waals surface area contributed by atoms with Gasteiger partial charge in [0.25, 0.3) is 0 Å². The number of anilines is 1. The summed E-state index contributed by atoms with van der Waals surface area (Å²) in [4.78, 5) is 27.0. The third-order valence-electron chi connectivity index (χ3n) is 5.28. The second-order valence-electron chi connectivity index (χ2n) is 7.57. The topological polar surface area (TPSA) is 65.1 Å². The molecular formula is C24H27NO5. The molecule has 0 spiro atoms. The average Bonchev–Trinajstić information content (AvgIpc) is 2.93. The number of hydrogen-bond acceptors (Lipinski definition) is 6. The summed E-state index contributed by atoms with van der Waals surface area (Å²) in [5, 5.41) is 0. The van der Waals surface area contributed by atoms with E-state index < -0.39 is 5.97 Å². The van der Waals surface area contributed by atoms with Crippen molar-refractivity contribution in [1.29, 1.82) is 0 Å². The van der Waals surface area contributed by atoms with Gasteiger partial charge in [0.1, 0.15) is 0 Å². The van der Waals surface area contributed by atoms with Crippen LogP contribution in [0.25, 0.3) is 0 Å². The van der Waals surface area contributed by atoms with Gasteiger partial charge in [-0.25, -0.2) is 4.79 Å². The quantitative estimate of drug-likeness (QED) is 0.506. The monoisotopic (exact) mass is 409 g/mol. The number of esters is 1. The molecule has 1 aliphatic heterocycles. The Kier molecular flexibility index (Phi) is 6.15. The standard InChI is InChI=1S/C24H27NO5/c1-6-29-20-12-11-16(13-21(20)28-5)23(27)30-15-17(26)14-22-24(2,3)18-9-7-8-10-19(18)25(22)4/h7-14H,6,15H2,1-5H3/b22-14+. The van der Waals surface area contributed by atoms with Gasteiger partial charge >= 0.3 is 5.97 Å². The molecule has 0 N–H and O–H groups in total. The first-order valence-corrected chi connectivity index (χ1v) is 9.85. The molecule has 6 nitrogen and oxygen atoms in total. The number of ether oxygens (including phenoxy) is 3. The molecule has 0 radical (unpaired) electrons. The second kappa shape index (κ2) is 8.61. The van der Waals surface area contributed by atoms with Gasteiger partial charge in [-0.05, 0) is 36.8 Å². The predicted molar refractivity (Wildman–Crippen MR) is 115 cm³/mol. The van der Waals surface area contributed by atoms with Crippen LogP contribution in [0.4, 0.5) is 5.69 Å².